The van der Waals surface area contributed by atoms with E-state index in [2.05, 4.69) is 46.5 Å². The molecule has 30 heavy (non-hydrogen) atoms. The molecule has 0 aliphatic carbocycles. The van der Waals surface area contributed by atoms with Crippen molar-refractivity contribution in [3.05, 3.63) is 69.7 Å². The summed E-state index contributed by atoms with van der Waals surface area (Å²) in [4.78, 5) is 38.4. The second-order valence-electron chi connectivity index (χ2n) is 6.36. The van der Waals surface area contributed by atoms with Crippen molar-refractivity contribution in [3.63, 3.8) is 0 Å². The molecule has 0 bridgehead atoms. The van der Waals surface area contributed by atoms with Crippen molar-refractivity contribution >= 4 is 50.4 Å². The second-order valence-corrected chi connectivity index (χ2v) is 7.28. The molecule has 0 atom stereocenters. The number of fused-ring (bicyclic) bond motifs is 1. The third kappa shape index (κ3) is 3.79. The van der Waals surface area contributed by atoms with Gasteiger partial charge in [-0.25, -0.2) is 18.7 Å². The van der Waals surface area contributed by atoms with Gasteiger partial charge in [0.1, 0.15) is 5.69 Å². The van der Waals surface area contributed by atoms with Crippen molar-refractivity contribution in [3.8, 4) is 0 Å². The lowest BCUT2D eigenvalue weighted by molar-refractivity contribution is 0.0985. The first-order valence-electron chi connectivity index (χ1n) is 8.59. The first-order valence-corrected chi connectivity index (χ1v) is 9.38. The van der Waals surface area contributed by atoms with Crippen LogP contribution in [0.3, 0.4) is 0 Å². The number of hydrogen-bond donors (Lipinski definition) is 4. The van der Waals surface area contributed by atoms with Gasteiger partial charge in [0.2, 0.25) is 5.95 Å². The van der Waals surface area contributed by atoms with Crippen LogP contribution in [0.1, 0.15) is 26.5 Å². The van der Waals surface area contributed by atoms with Crippen molar-refractivity contribution in [1.82, 2.24) is 19.9 Å². The van der Waals surface area contributed by atoms with Crippen molar-refractivity contribution in [2.75, 3.05) is 10.6 Å². The van der Waals surface area contributed by atoms with E-state index in [1.165, 1.54) is 6.33 Å². The van der Waals surface area contributed by atoms with Crippen molar-refractivity contribution in [2.45, 2.75) is 6.92 Å². The van der Waals surface area contributed by atoms with Crippen molar-refractivity contribution in [1.29, 1.82) is 0 Å². The molecule has 0 aliphatic heterocycles. The lowest BCUT2D eigenvalue weighted by Crippen LogP contribution is -2.21. The van der Waals surface area contributed by atoms with Gasteiger partial charge in [-0.05, 0) is 24.6 Å². The first kappa shape index (κ1) is 19.7. The minimum absolute atomic E-state index is 0.0382. The van der Waals surface area contributed by atoms with Gasteiger partial charge in [0.15, 0.2) is 17.3 Å². The largest absolute Gasteiger partial charge is 0.340 e. The predicted molar refractivity (Wildman–Crippen MR) is 109 cm³/mol. The summed E-state index contributed by atoms with van der Waals surface area (Å²) in [5, 5.41) is 5.15. The Hall–Kier alpha value is -3.60. The molecule has 4 N–H and O–H groups in total. The van der Waals surface area contributed by atoms with E-state index in [0.29, 0.717) is 5.69 Å². The minimum Gasteiger partial charge on any atom is -0.340 e. The average Bonchev–Trinajstić information content (AvgIpc) is 3.32. The molecule has 0 spiro atoms. The predicted octanol–water partition coefficient (Wildman–Crippen LogP) is 4.14. The smallest absolute Gasteiger partial charge is 0.276 e. The van der Waals surface area contributed by atoms with Gasteiger partial charge in [0, 0.05) is 22.3 Å². The molecule has 4 aromatic rings. The molecule has 0 aliphatic rings. The number of H-pyrrole nitrogens is 2. The molecule has 0 radical (unpaired) electrons. The standard InChI is InChI=1S/C19H13BrF2N6O2/c1-8-2-3-9(20)4-12(8)25-17(29)15-16(24-7-23-15)18(30)28-19-26-13-5-10(21)11(22)6-14(13)27-19/h2-7H,1H3,(H,23,24)(H,25,29)(H2,26,27,28,30). The van der Waals surface area contributed by atoms with E-state index < -0.39 is 23.4 Å². The summed E-state index contributed by atoms with van der Waals surface area (Å²) in [6.45, 7) is 1.83. The fourth-order valence-electron chi connectivity index (χ4n) is 2.78. The number of halogens is 3. The molecule has 2 amide bonds. The summed E-state index contributed by atoms with van der Waals surface area (Å²) in [6.07, 6.45) is 1.21. The van der Waals surface area contributed by atoms with E-state index in [-0.39, 0.29) is 28.4 Å². The lowest BCUT2D eigenvalue weighted by Gasteiger charge is -2.08. The number of aromatic amines is 2. The summed E-state index contributed by atoms with van der Waals surface area (Å²) in [5.41, 5.74) is 1.51. The Morgan fingerprint density at radius 2 is 1.83 bits per heavy atom. The maximum absolute atomic E-state index is 13.3. The molecule has 152 valence electrons. The van der Waals surface area contributed by atoms with Crippen LogP contribution in [0.5, 0.6) is 0 Å². The van der Waals surface area contributed by atoms with E-state index in [1.54, 1.807) is 6.07 Å². The number of anilines is 2. The Bertz CT molecular complexity index is 1260. The van der Waals surface area contributed by atoms with E-state index in [1.807, 2.05) is 19.1 Å². The summed E-state index contributed by atoms with van der Waals surface area (Å²) in [5.74, 6) is -3.43. The molecule has 4 rings (SSSR count). The van der Waals surface area contributed by atoms with Crippen molar-refractivity contribution < 1.29 is 18.4 Å². The highest BCUT2D eigenvalue weighted by Crippen LogP contribution is 2.22. The third-order valence-electron chi connectivity index (χ3n) is 4.29. The molecule has 0 fully saturated rings. The van der Waals surface area contributed by atoms with Crippen LogP contribution in [0.15, 0.2) is 41.1 Å². The monoisotopic (exact) mass is 474 g/mol. The number of carbonyl (C=O) groups excluding carboxylic acids is 2. The number of rotatable bonds is 4. The lowest BCUT2D eigenvalue weighted by atomic mass is 10.2. The highest BCUT2D eigenvalue weighted by atomic mass is 79.9. The summed E-state index contributed by atoms with van der Waals surface area (Å²) in [6, 6.07) is 7.23. The van der Waals surface area contributed by atoms with Gasteiger partial charge in [-0.15, -0.1) is 0 Å². The van der Waals surface area contributed by atoms with Gasteiger partial charge < -0.3 is 15.3 Å². The number of benzene rings is 2. The number of amides is 2. The van der Waals surface area contributed by atoms with E-state index in [9.17, 15) is 18.4 Å². The first-order chi connectivity index (χ1) is 14.3. The fourth-order valence-corrected chi connectivity index (χ4v) is 3.15. The average molecular weight is 475 g/mol. The number of nitrogens with zero attached hydrogens (tertiary/aromatic N) is 2. The highest BCUT2D eigenvalue weighted by Gasteiger charge is 2.22. The molecular weight excluding hydrogens is 462 g/mol. The zero-order valence-corrected chi connectivity index (χ0v) is 16.9. The SMILES string of the molecule is Cc1ccc(Br)cc1NC(=O)c1nc[nH]c1C(=O)Nc1nc2cc(F)c(F)cc2[nH]1. The van der Waals surface area contributed by atoms with Crippen molar-refractivity contribution in [2.24, 2.45) is 0 Å². The third-order valence-corrected chi connectivity index (χ3v) is 4.78. The normalized spacial score (nSPS) is 10.9. The molecule has 2 heterocycles. The molecule has 2 aromatic carbocycles. The van der Waals surface area contributed by atoms with Crippen LogP contribution < -0.4 is 10.6 Å². The number of carbonyl (C=O) groups is 2. The Morgan fingerprint density at radius 1 is 1.07 bits per heavy atom. The van der Waals surface area contributed by atoms with Gasteiger partial charge in [-0.2, -0.15) is 0 Å². The molecular formula is C19H13BrF2N6O2. The quantitative estimate of drug-likeness (QED) is 0.355. The summed E-state index contributed by atoms with van der Waals surface area (Å²) < 4.78 is 27.5. The molecule has 0 unspecified atom stereocenters. The van der Waals surface area contributed by atoms with Gasteiger partial charge in [-0.3, -0.25) is 14.9 Å². The van der Waals surface area contributed by atoms with Crippen LogP contribution in [-0.4, -0.2) is 31.8 Å². The van der Waals surface area contributed by atoms with Crippen LogP contribution in [0.25, 0.3) is 11.0 Å². The zero-order chi connectivity index (χ0) is 21.4. The number of hydrogen-bond acceptors (Lipinski definition) is 4. The maximum atomic E-state index is 13.3. The molecule has 8 nitrogen and oxygen atoms in total. The second kappa shape index (κ2) is 7.67. The summed E-state index contributed by atoms with van der Waals surface area (Å²) >= 11 is 3.34. The Balaban J connectivity index is 1.55. The fraction of sp³-hybridized carbons (Fsp3) is 0.0526. The van der Waals surface area contributed by atoms with E-state index in [4.69, 9.17) is 0 Å². The Kier molecular flexibility index (Phi) is 5.04. The molecule has 2 aromatic heterocycles. The van der Waals surface area contributed by atoms with Crippen LogP contribution in [0.4, 0.5) is 20.4 Å². The number of aromatic nitrogens is 4. The van der Waals surface area contributed by atoms with Crippen LogP contribution in [-0.2, 0) is 0 Å². The topological polar surface area (TPSA) is 116 Å². The van der Waals surface area contributed by atoms with Crippen LogP contribution in [0, 0.1) is 18.6 Å². The maximum Gasteiger partial charge on any atom is 0.276 e. The minimum atomic E-state index is -1.05. The number of aryl methyl sites for hydroxylation is 1. The van der Waals surface area contributed by atoms with Crippen LogP contribution in [0.2, 0.25) is 0 Å². The Morgan fingerprint density at radius 3 is 2.63 bits per heavy atom. The number of nitrogens with one attached hydrogen (secondary N) is 4. The van der Waals surface area contributed by atoms with Gasteiger partial charge in [0.05, 0.1) is 17.4 Å². The Labute approximate surface area is 176 Å². The number of imidazole rings is 2. The van der Waals surface area contributed by atoms with E-state index in [0.717, 1.165) is 22.2 Å². The van der Waals surface area contributed by atoms with E-state index >= 15 is 0 Å². The van der Waals surface area contributed by atoms with Crippen LogP contribution >= 0.6 is 15.9 Å². The molecule has 0 saturated heterocycles. The van der Waals surface area contributed by atoms with Gasteiger partial charge >= 0.3 is 0 Å². The zero-order valence-electron chi connectivity index (χ0n) is 15.3. The van der Waals surface area contributed by atoms with Gasteiger partial charge in [-0.1, -0.05) is 22.0 Å². The summed E-state index contributed by atoms with van der Waals surface area (Å²) in [7, 11) is 0. The van der Waals surface area contributed by atoms with Gasteiger partial charge in [0.25, 0.3) is 11.8 Å². The highest BCUT2D eigenvalue weighted by molar-refractivity contribution is 9.10. The molecule has 11 heteroatoms. The molecule has 0 saturated carbocycles.